The molecule has 3 N–H and O–H groups in total. The van der Waals surface area contributed by atoms with Gasteiger partial charge in [-0.25, -0.2) is 0 Å². The maximum atomic E-state index is 10.9. The second-order valence-corrected chi connectivity index (χ2v) is 3.01. The molecule has 0 rings (SSSR count). The van der Waals surface area contributed by atoms with Crippen LogP contribution in [-0.4, -0.2) is 18.5 Å². The molecule has 0 saturated carbocycles. The van der Waals surface area contributed by atoms with Crippen molar-refractivity contribution in [1.82, 2.24) is 5.32 Å². The molecule has 0 aromatic rings. The second kappa shape index (κ2) is 5.16. The Balaban J connectivity index is 3.45. The van der Waals surface area contributed by atoms with Crippen molar-refractivity contribution in [3.63, 3.8) is 0 Å². The Morgan fingerprint density at radius 3 is 2.73 bits per heavy atom. The first-order valence-corrected chi connectivity index (χ1v) is 3.75. The molecule has 1 amide bonds. The maximum absolute atomic E-state index is 10.9. The summed E-state index contributed by atoms with van der Waals surface area (Å²) in [5, 5.41) is 2.98. The lowest BCUT2D eigenvalue weighted by molar-refractivity contribution is -0.121. The van der Waals surface area contributed by atoms with E-state index in [1.54, 1.807) is 6.92 Å². The van der Waals surface area contributed by atoms with Crippen LogP contribution in [0.15, 0.2) is 11.6 Å². The van der Waals surface area contributed by atoms with Crippen molar-refractivity contribution in [2.75, 3.05) is 6.54 Å². The lowest BCUT2D eigenvalue weighted by Crippen LogP contribution is -2.30. The zero-order valence-electron chi connectivity index (χ0n) is 6.56. The van der Waals surface area contributed by atoms with E-state index in [-0.39, 0.29) is 11.9 Å². The largest absolute Gasteiger partial charge is 0.351 e. The average Bonchev–Trinajstić information content (AvgIpc) is 1.82. The topological polar surface area (TPSA) is 55.1 Å². The van der Waals surface area contributed by atoms with Gasteiger partial charge in [-0.3, -0.25) is 4.79 Å². The summed E-state index contributed by atoms with van der Waals surface area (Å²) in [5.74, 6) is -0.0956. The minimum absolute atomic E-state index is 0.0956. The van der Waals surface area contributed by atoms with Crippen LogP contribution in [0.2, 0.25) is 0 Å². The number of hydrogen-bond acceptors (Lipinski definition) is 2. The quantitative estimate of drug-likeness (QED) is 0.659. The molecule has 0 aromatic carbocycles. The monoisotopic (exact) mass is 176 g/mol. The number of nitrogens with two attached hydrogens (primary N) is 1. The van der Waals surface area contributed by atoms with E-state index in [4.69, 9.17) is 17.3 Å². The van der Waals surface area contributed by atoms with Crippen LogP contribution in [0.3, 0.4) is 0 Å². The number of carbonyl (C=O) groups is 1. The van der Waals surface area contributed by atoms with Crippen LogP contribution in [0.1, 0.15) is 13.3 Å². The summed E-state index contributed by atoms with van der Waals surface area (Å²) in [6, 6.07) is -0.112. The number of amides is 1. The van der Waals surface area contributed by atoms with Crippen LogP contribution in [0.4, 0.5) is 0 Å². The summed E-state index contributed by atoms with van der Waals surface area (Å²) in [6.45, 7) is 5.51. The van der Waals surface area contributed by atoms with Crippen molar-refractivity contribution in [1.29, 1.82) is 0 Å². The molecule has 3 nitrogen and oxygen atoms in total. The Kier molecular flexibility index (Phi) is 4.90. The number of halogens is 1. The molecule has 0 aliphatic carbocycles. The molecule has 0 fully saturated rings. The molecule has 0 spiro atoms. The molecule has 0 saturated heterocycles. The Morgan fingerprint density at radius 2 is 2.36 bits per heavy atom. The first kappa shape index (κ1) is 10.5. The van der Waals surface area contributed by atoms with E-state index in [1.165, 1.54) is 0 Å². The Labute approximate surface area is 71.6 Å². The van der Waals surface area contributed by atoms with Gasteiger partial charge in [0, 0.05) is 17.5 Å². The van der Waals surface area contributed by atoms with Gasteiger partial charge in [0.05, 0.1) is 6.54 Å². The standard InChI is InChI=1S/C7H13ClN2O/c1-5(8)4-10-7(11)3-6(2)9/h6H,1,3-4,9H2,2H3,(H,10,11). The Bertz CT molecular complexity index is 157. The number of hydrogen-bond donors (Lipinski definition) is 2. The molecule has 0 aliphatic rings. The summed E-state index contributed by atoms with van der Waals surface area (Å²) in [4.78, 5) is 10.9. The van der Waals surface area contributed by atoms with Crippen molar-refractivity contribution < 1.29 is 4.79 Å². The fraction of sp³-hybridized carbons (Fsp3) is 0.571. The second-order valence-electron chi connectivity index (χ2n) is 2.48. The number of carbonyl (C=O) groups excluding carboxylic acids is 1. The fourth-order valence-electron chi connectivity index (χ4n) is 0.559. The van der Waals surface area contributed by atoms with Crippen molar-refractivity contribution in [2.45, 2.75) is 19.4 Å². The predicted molar refractivity (Wildman–Crippen MR) is 46.3 cm³/mol. The summed E-state index contributed by atoms with van der Waals surface area (Å²) in [6.07, 6.45) is 0.324. The molecule has 11 heavy (non-hydrogen) atoms. The first-order chi connectivity index (χ1) is 5.02. The molecular weight excluding hydrogens is 164 g/mol. The van der Waals surface area contributed by atoms with Gasteiger partial charge in [0.25, 0.3) is 0 Å². The Morgan fingerprint density at radius 1 is 1.82 bits per heavy atom. The third-order valence-corrected chi connectivity index (χ3v) is 1.12. The van der Waals surface area contributed by atoms with Gasteiger partial charge in [-0.1, -0.05) is 18.2 Å². The van der Waals surface area contributed by atoms with Crippen molar-refractivity contribution in [2.24, 2.45) is 5.73 Å². The van der Waals surface area contributed by atoms with Crippen LogP contribution >= 0.6 is 11.6 Å². The highest BCUT2D eigenvalue weighted by Crippen LogP contribution is 1.93. The van der Waals surface area contributed by atoms with Crippen LogP contribution in [-0.2, 0) is 4.79 Å². The molecule has 0 aromatic heterocycles. The zero-order valence-corrected chi connectivity index (χ0v) is 7.32. The van der Waals surface area contributed by atoms with E-state index < -0.39 is 0 Å². The minimum Gasteiger partial charge on any atom is -0.351 e. The summed E-state index contributed by atoms with van der Waals surface area (Å²) >= 11 is 5.42. The third kappa shape index (κ3) is 7.36. The first-order valence-electron chi connectivity index (χ1n) is 3.38. The van der Waals surface area contributed by atoms with Gasteiger partial charge >= 0.3 is 0 Å². The predicted octanol–water partition coefficient (Wildman–Crippen LogP) is 0.592. The summed E-state index contributed by atoms with van der Waals surface area (Å²) in [5.41, 5.74) is 5.38. The summed E-state index contributed by atoms with van der Waals surface area (Å²) < 4.78 is 0. The molecule has 0 bridgehead atoms. The van der Waals surface area contributed by atoms with E-state index in [1.807, 2.05) is 0 Å². The van der Waals surface area contributed by atoms with Crippen LogP contribution < -0.4 is 11.1 Å². The smallest absolute Gasteiger partial charge is 0.221 e. The van der Waals surface area contributed by atoms with Crippen LogP contribution in [0.25, 0.3) is 0 Å². The average molecular weight is 177 g/mol. The van der Waals surface area contributed by atoms with Crippen LogP contribution in [0, 0.1) is 0 Å². The maximum Gasteiger partial charge on any atom is 0.221 e. The van der Waals surface area contributed by atoms with Gasteiger partial charge < -0.3 is 11.1 Å². The molecule has 1 unspecified atom stereocenters. The molecule has 1 atom stereocenters. The highest BCUT2D eigenvalue weighted by Gasteiger charge is 2.03. The van der Waals surface area contributed by atoms with E-state index in [9.17, 15) is 4.79 Å². The SMILES string of the molecule is C=C(Cl)CNC(=O)CC(C)N. The van der Waals surface area contributed by atoms with Crippen molar-refractivity contribution in [3.8, 4) is 0 Å². The zero-order chi connectivity index (χ0) is 8.85. The van der Waals surface area contributed by atoms with Gasteiger partial charge in [-0.2, -0.15) is 0 Å². The lowest BCUT2D eigenvalue weighted by Gasteiger charge is -2.05. The number of rotatable bonds is 4. The van der Waals surface area contributed by atoms with E-state index in [0.717, 1.165) is 0 Å². The van der Waals surface area contributed by atoms with Gasteiger partial charge in [0.2, 0.25) is 5.91 Å². The van der Waals surface area contributed by atoms with Crippen molar-refractivity contribution >= 4 is 17.5 Å². The van der Waals surface area contributed by atoms with E-state index >= 15 is 0 Å². The highest BCUT2D eigenvalue weighted by atomic mass is 35.5. The van der Waals surface area contributed by atoms with Gasteiger partial charge in [-0.15, -0.1) is 0 Å². The summed E-state index contributed by atoms with van der Waals surface area (Å²) in [7, 11) is 0. The molecule has 0 aliphatic heterocycles. The third-order valence-electron chi connectivity index (χ3n) is 0.985. The normalized spacial score (nSPS) is 12.3. The highest BCUT2D eigenvalue weighted by molar-refractivity contribution is 6.29. The Hall–Kier alpha value is -0.540. The van der Waals surface area contributed by atoms with Gasteiger partial charge in [0.1, 0.15) is 0 Å². The van der Waals surface area contributed by atoms with Gasteiger partial charge in [-0.05, 0) is 6.92 Å². The molecule has 0 radical (unpaired) electrons. The number of nitrogens with one attached hydrogen (secondary N) is 1. The molecule has 64 valence electrons. The minimum atomic E-state index is -0.112. The van der Waals surface area contributed by atoms with Crippen LogP contribution in [0.5, 0.6) is 0 Å². The van der Waals surface area contributed by atoms with Crippen molar-refractivity contribution in [3.05, 3.63) is 11.6 Å². The lowest BCUT2D eigenvalue weighted by atomic mass is 10.2. The molecular formula is C7H13ClN2O. The molecule has 4 heteroatoms. The molecule has 0 heterocycles. The van der Waals surface area contributed by atoms with Gasteiger partial charge in [0.15, 0.2) is 0 Å². The van der Waals surface area contributed by atoms with E-state index in [0.29, 0.717) is 18.0 Å². The fourth-order valence-corrected chi connectivity index (χ4v) is 0.626. The van der Waals surface area contributed by atoms with E-state index in [2.05, 4.69) is 11.9 Å².